The molecule has 0 aromatic heterocycles. The molecule has 1 aromatic carbocycles. The summed E-state index contributed by atoms with van der Waals surface area (Å²) in [7, 11) is 1.48. The number of ketones is 1. The first kappa shape index (κ1) is 18.8. The number of likely N-dealkylation sites (tertiary alicyclic amines) is 1. The molecule has 7 heteroatoms. The van der Waals surface area contributed by atoms with Crippen LogP contribution in [-0.4, -0.2) is 42.1 Å². The van der Waals surface area contributed by atoms with Crippen LogP contribution < -0.4 is 4.74 Å². The largest absolute Gasteiger partial charge is 0.496 e. The molecular weight excluding hydrogens is 350 g/mol. The molecule has 2 amide bonds. The van der Waals surface area contributed by atoms with E-state index in [1.54, 1.807) is 18.2 Å². The van der Waals surface area contributed by atoms with Crippen molar-refractivity contribution < 1.29 is 28.7 Å². The van der Waals surface area contributed by atoms with Crippen LogP contribution in [0.2, 0.25) is 0 Å². The normalized spacial score (nSPS) is 21.2. The van der Waals surface area contributed by atoms with Crippen LogP contribution in [0.3, 0.4) is 0 Å². The number of hydrogen-bond donors (Lipinski definition) is 0. The summed E-state index contributed by atoms with van der Waals surface area (Å²) in [6, 6.07) is 4.86. The molecule has 2 atom stereocenters. The molecule has 7 nitrogen and oxygen atoms in total. The van der Waals surface area contributed by atoms with Gasteiger partial charge >= 0.3 is 5.97 Å². The predicted octanol–water partition coefficient (Wildman–Crippen LogP) is 1.89. The molecule has 2 aliphatic rings. The van der Waals surface area contributed by atoms with Gasteiger partial charge in [-0.05, 0) is 38.0 Å². The van der Waals surface area contributed by atoms with E-state index in [0.29, 0.717) is 29.7 Å². The number of imide groups is 1. The maximum absolute atomic E-state index is 12.4. The number of benzene rings is 1. The molecule has 0 saturated carbocycles. The number of ether oxygens (including phenoxy) is 2. The van der Waals surface area contributed by atoms with E-state index in [2.05, 4.69) is 0 Å². The molecular formula is C20H21NO6. The van der Waals surface area contributed by atoms with Gasteiger partial charge in [0.05, 0.1) is 18.9 Å². The lowest BCUT2D eigenvalue weighted by molar-refractivity contribution is -0.153. The van der Waals surface area contributed by atoms with Gasteiger partial charge in [0.25, 0.3) is 0 Å². The van der Waals surface area contributed by atoms with Crippen molar-refractivity contribution in [2.75, 3.05) is 13.7 Å². The van der Waals surface area contributed by atoms with Gasteiger partial charge in [-0.15, -0.1) is 0 Å². The van der Waals surface area contributed by atoms with E-state index >= 15 is 0 Å². The van der Waals surface area contributed by atoms with Gasteiger partial charge in [0.1, 0.15) is 18.9 Å². The Morgan fingerprint density at radius 1 is 1.11 bits per heavy atom. The highest BCUT2D eigenvalue weighted by atomic mass is 16.5. The molecule has 0 N–H and O–H groups in total. The summed E-state index contributed by atoms with van der Waals surface area (Å²) >= 11 is 0. The average Bonchev–Trinajstić information content (AvgIpc) is 2.91. The Kier molecular flexibility index (Phi) is 5.39. The van der Waals surface area contributed by atoms with Crippen molar-refractivity contribution in [3.63, 3.8) is 0 Å². The monoisotopic (exact) mass is 371 g/mol. The first-order valence-electron chi connectivity index (χ1n) is 8.76. The maximum atomic E-state index is 12.4. The third kappa shape index (κ3) is 3.77. The number of Topliss-reactive ketones (excluding diaryl/α,β-unsaturated/α-hetero) is 1. The van der Waals surface area contributed by atoms with E-state index in [-0.39, 0.29) is 36.0 Å². The molecule has 142 valence electrons. The highest BCUT2D eigenvalue weighted by molar-refractivity contribution is 6.07. The van der Waals surface area contributed by atoms with Crippen LogP contribution in [0.4, 0.5) is 0 Å². The molecule has 1 aliphatic heterocycles. The van der Waals surface area contributed by atoms with Gasteiger partial charge in [-0.25, -0.2) is 0 Å². The van der Waals surface area contributed by atoms with E-state index in [1.165, 1.54) is 14.0 Å². The van der Waals surface area contributed by atoms with Crippen molar-refractivity contribution in [2.24, 2.45) is 11.8 Å². The van der Waals surface area contributed by atoms with Crippen molar-refractivity contribution in [1.82, 2.24) is 4.90 Å². The number of allylic oxidation sites excluding steroid dienone is 2. The molecule has 0 unspecified atom stereocenters. The summed E-state index contributed by atoms with van der Waals surface area (Å²) in [5, 5.41) is 0. The second-order valence-electron chi connectivity index (χ2n) is 6.66. The minimum Gasteiger partial charge on any atom is -0.496 e. The van der Waals surface area contributed by atoms with Crippen molar-refractivity contribution in [3.8, 4) is 5.75 Å². The molecule has 0 radical (unpaired) electrons. The van der Waals surface area contributed by atoms with Crippen molar-refractivity contribution in [2.45, 2.75) is 26.4 Å². The Morgan fingerprint density at radius 2 is 1.74 bits per heavy atom. The summed E-state index contributed by atoms with van der Waals surface area (Å²) in [5.74, 6) is -1.69. The second kappa shape index (κ2) is 7.73. The van der Waals surface area contributed by atoms with Crippen LogP contribution in [0.15, 0.2) is 30.4 Å². The maximum Gasteiger partial charge on any atom is 0.326 e. The minimum absolute atomic E-state index is 0.116. The summed E-state index contributed by atoms with van der Waals surface area (Å²) < 4.78 is 10.4. The quantitative estimate of drug-likeness (QED) is 0.328. The zero-order chi connectivity index (χ0) is 19.6. The number of rotatable bonds is 6. The third-order valence-corrected chi connectivity index (χ3v) is 4.96. The molecule has 1 fully saturated rings. The van der Waals surface area contributed by atoms with Crippen molar-refractivity contribution >= 4 is 23.6 Å². The number of methoxy groups -OCH3 is 1. The van der Waals surface area contributed by atoms with E-state index in [1.807, 2.05) is 12.2 Å². The Morgan fingerprint density at radius 3 is 2.30 bits per heavy atom. The fourth-order valence-corrected chi connectivity index (χ4v) is 3.47. The fraction of sp³-hybridized carbons (Fsp3) is 0.400. The minimum atomic E-state index is -0.682. The number of nitrogens with zero attached hydrogens (tertiary/aromatic N) is 1. The molecule has 27 heavy (non-hydrogen) atoms. The number of carbonyl (C=O) groups excluding carboxylic acids is 4. The number of hydrogen-bond acceptors (Lipinski definition) is 6. The SMILES string of the molecule is COc1ccc(C(C)=O)cc1COC(=O)CN1C(=O)[C@H]2CC=CC[C@@H]2C1=O. The van der Waals surface area contributed by atoms with Crippen LogP contribution in [0.25, 0.3) is 0 Å². The fourth-order valence-electron chi connectivity index (χ4n) is 3.47. The highest BCUT2D eigenvalue weighted by Crippen LogP contribution is 2.34. The van der Waals surface area contributed by atoms with Crippen LogP contribution >= 0.6 is 0 Å². The van der Waals surface area contributed by atoms with Crippen molar-refractivity contribution in [3.05, 3.63) is 41.5 Å². The second-order valence-corrected chi connectivity index (χ2v) is 6.66. The summed E-state index contributed by atoms with van der Waals surface area (Å²) in [5.41, 5.74) is 1.01. The molecule has 1 aromatic rings. The number of amides is 2. The molecule has 1 aliphatic carbocycles. The summed E-state index contributed by atoms with van der Waals surface area (Å²) in [6.07, 6.45) is 4.83. The van der Waals surface area contributed by atoms with E-state index in [0.717, 1.165) is 4.90 Å². The van der Waals surface area contributed by atoms with Gasteiger partial charge in [0, 0.05) is 11.1 Å². The van der Waals surface area contributed by atoms with Crippen LogP contribution in [0.5, 0.6) is 5.75 Å². The molecule has 0 bridgehead atoms. The Bertz CT molecular complexity index is 802. The average molecular weight is 371 g/mol. The van der Waals surface area contributed by atoms with Crippen molar-refractivity contribution in [1.29, 1.82) is 0 Å². The lowest BCUT2D eigenvalue weighted by Gasteiger charge is -2.15. The molecule has 1 heterocycles. The van der Waals surface area contributed by atoms with Gasteiger partial charge < -0.3 is 9.47 Å². The zero-order valence-corrected chi connectivity index (χ0v) is 15.3. The third-order valence-electron chi connectivity index (χ3n) is 4.96. The standard InChI is InChI=1S/C20H21NO6/c1-12(22)13-7-8-17(26-2)14(9-13)11-27-18(23)10-21-19(24)15-5-3-4-6-16(15)20(21)25/h3-4,7-9,15-16H,5-6,10-11H2,1-2H3/t15-,16-/m0/s1. The van der Waals surface area contributed by atoms with Crippen LogP contribution in [0.1, 0.15) is 35.7 Å². The topological polar surface area (TPSA) is 90.0 Å². The molecule has 0 spiro atoms. The first-order chi connectivity index (χ1) is 12.9. The Balaban J connectivity index is 1.64. The molecule has 1 saturated heterocycles. The van der Waals surface area contributed by atoms with E-state index in [4.69, 9.17) is 9.47 Å². The number of carbonyl (C=O) groups is 4. The van der Waals surface area contributed by atoms with Crippen LogP contribution in [0, 0.1) is 11.8 Å². The van der Waals surface area contributed by atoms with Gasteiger partial charge in [0.2, 0.25) is 11.8 Å². The Labute approximate surface area is 156 Å². The van der Waals surface area contributed by atoms with E-state index < -0.39 is 12.5 Å². The molecule has 3 rings (SSSR count). The smallest absolute Gasteiger partial charge is 0.326 e. The van der Waals surface area contributed by atoms with E-state index in [9.17, 15) is 19.2 Å². The van der Waals surface area contributed by atoms with Crippen LogP contribution in [-0.2, 0) is 25.7 Å². The highest BCUT2D eigenvalue weighted by Gasteiger charge is 2.47. The predicted molar refractivity (Wildman–Crippen MR) is 94.9 cm³/mol. The van der Waals surface area contributed by atoms with Gasteiger partial charge in [0.15, 0.2) is 5.78 Å². The zero-order valence-electron chi connectivity index (χ0n) is 15.3. The summed E-state index contributed by atoms with van der Waals surface area (Å²) in [6.45, 7) is 0.920. The first-order valence-corrected chi connectivity index (χ1v) is 8.76. The lowest BCUT2D eigenvalue weighted by Crippen LogP contribution is -2.36. The summed E-state index contributed by atoms with van der Waals surface area (Å²) in [4.78, 5) is 49.5. The Hall–Kier alpha value is -2.96. The van der Waals surface area contributed by atoms with Gasteiger partial charge in [-0.3, -0.25) is 24.1 Å². The number of esters is 1. The number of fused-ring (bicyclic) bond motifs is 1. The van der Waals surface area contributed by atoms with Gasteiger partial charge in [-0.2, -0.15) is 0 Å². The lowest BCUT2D eigenvalue weighted by atomic mass is 9.85. The van der Waals surface area contributed by atoms with Gasteiger partial charge in [-0.1, -0.05) is 12.2 Å².